The van der Waals surface area contributed by atoms with Crippen LogP contribution in [0.3, 0.4) is 0 Å². The Kier molecular flexibility index (Phi) is 13.8. The molecule has 44 heavy (non-hydrogen) atoms. The van der Waals surface area contributed by atoms with Gasteiger partial charge in [-0.25, -0.2) is 30.4 Å². The van der Waals surface area contributed by atoms with E-state index in [1.807, 2.05) is 60.1 Å². The fourth-order valence-corrected chi connectivity index (χ4v) is 3.93. The molecule has 9 nitrogen and oxygen atoms in total. The van der Waals surface area contributed by atoms with E-state index in [1.165, 1.54) is 12.1 Å². The largest absolute Gasteiger partial charge is 0.741 e. The van der Waals surface area contributed by atoms with E-state index in [4.69, 9.17) is 31.7 Å². The molecular weight excluding hydrogens is 877 g/mol. The third-order valence-corrected chi connectivity index (χ3v) is 7.33. The van der Waals surface area contributed by atoms with Gasteiger partial charge in [0, 0.05) is 12.1 Å². The molecule has 0 aliphatic rings. The van der Waals surface area contributed by atoms with Crippen LogP contribution >= 0.6 is 45.2 Å². The lowest BCUT2D eigenvalue weighted by atomic mass is 10.1. The van der Waals surface area contributed by atoms with Crippen molar-refractivity contribution in [3.63, 3.8) is 0 Å². The maximum absolute atomic E-state index is 14.1. The number of hydrogen-bond acceptors (Lipinski definition) is 7. The number of anilines is 1. The lowest BCUT2D eigenvalue weighted by Crippen LogP contribution is -2.27. The van der Waals surface area contributed by atoms with Gasteiger partial charge in [-0.2, -0.15) is 26.3 Å². The third-order valence-electron chi connectivity index (χ3n) is 4.48. The average molecular weight is 893 g/mol. The summed E-state index contributed by atoms with van der Waals surface area (Å²) in [5.41, 5.74) is -2.10. The van der Waals surface area contributed by atoms with Crippen molar-refractivity contribution in [2.24, 2.45) is 14.1 Å². The molecule has 0 aliphatic heterocycles. The Bertz CT molecular complexity index is 1750. The first-order chi connectivity index (χ1) is 19.8. The van der Waals surface area contributed by atoms with Crippen molar-refractivity contribution in [3.05, 3.63) is 84.3 Å². The molecule has 0 aliphatic carbocycles. The molecule has 2 N–H and O–H groups in total. The maximum Gasteiger partial charge on any atom is 0.485 e. The summed E-state index contributed by atoms with van der Waals surface area (Å²) in [7, 11) is -8.29. The van der Waals surface area contributed by atoms with Gasteiger partial charge < -0.3 is 14.8 Å². The highest BCUT2D eigenvalue weighted by atomic mass is 127. The number of halogens is 9. The van der Waals surface area contributed by atoms with Crippen LogP contribution in [0.2, 0.25) is 0 Å². The van der Waals surface area contributed by atoms with E-state index < -0.39 is 37.1 Å². The Balaban J connectivity index is 0.000000498. The van der Waals surface area contributed by atoms with Gasteiger partial charge in [0.15, 0.2) is 45.0 Å². The van der Waals surface area contributed by atoms with E-state index >= 15 is 0 Å². The Labute approximate surface area is 274 Å². The molecule has 0 fully saturated rings. The molecule has 0 radical (unpaired) electrons. The molecule has 0 amide bonds. The predicted octanol–water partition coefficient (Wildman–Crippen LogP) is 3.17. The summed E-state index contributed by atoms with van der Waals surface area (Å²) in [6, 6.07) is 6.52. The number of nitrogen functional groups attached to an aromatic ring is 1. The van der Waals surface area contributed by atoms with Crippen LogP contribution in [0.4, 0.5) is 36.4 Å². The smallest absolute Gasteiger partial charge is 0.485 e. The van der Waals surface area contributed by atoms with E-state index in [9.17, 15) is 30.7 Å². The maximum atomic E-state index is 14.1. The minimum Gasteiger partial charge on any atom is -0.741 e. The SMILES string of the molecule is C[n+]1ccc(C#Cc2cc(F)cc(C#Cc3cc[n+](C)cc3I)c2N)c(I)c1.O=S(=O)([O-])C(F)(F)F.O=S(=O)([O-])C(F)(F)F. The molecule has 0 atom stereocenters. The minimum atomic E-state index is -6.09. The highest BCUT2D eigenvalue weighted by molar-refractivity contribution is 14.1. The monoisotopic (exact) mass is 893 g/mol. The lowest BCUT2D eigenvalue weighted by Gasteiger charge is -2.08. The van der Waals surface area contributed by atoms with Crippen LogP contribution < -0.4 is 14.9 Å². The Morgan fingerprint density at radius 1 is 0.705 bits per heavy atom. The van der Waals surface area contributed by atoms with Crippen LogP contribution in [0, 0.1) is 36.6 Å². The molecule has 2 aromatic heterocycles. The van der Waals surface area contributed by atoms with Crippen molar-refractivity contribution in [1.82, 2.24) is 0 Å². The molecule has 238 valence electrons. The summed E-state index contributed by atoms with van der Waals surface area (Å²) in [4.78, 5) is 0. The first kappa shape index (κ1) is 39.3. The Hall–Kier alpha value is -2.77. The minimum absolute atomic E-state index is 0.384. The summed E-state index contributed by atoms with van der Waals surface area (Å²) in [6.45, 7) is 0. The number of rotatable bonds is 0. The molecule has 1 aromatic carbocycles. The molecule has 0 unspecified atom stereocenters. The van der Waals surface area contributed by atoms with Gasteiger partial charge in [-0.3, -0.25) is 0 Å². The summed E-state index contributed by atoms with van der Waals surface area (Å²) in [6.07, 6.45) is 7.77. The number of aromatic nitrogens is 2. The van der Waals surface area contributed by atoms with Crippen molar-refractivity contribution < 1.29 is 65.8 Å². The van der Waals surface area contributed by atoms with E-state index in [-0.39, 0.29) is 0 Å². The van der Waals surface area contributed by atoms with Crippen molar-refractivity contribution in [1.29, 1.82) is 0 Å². The topological polar surface area (TPSA) is 148 Å². The highest BCUT2D eigenvalue weighted by Gasteiger charge is 2.37. The predicted molar refractivity (Wildman–Crippen MR) is 155 cm³/mol. The van der Waals surface area contributed by atoms with E-state index in [2.05, 4.69) is 68.9 Å². The van der Waals surface area contributed by atoms with Crippen molar-refractivity contribution in [3.8, 4) is 23.7 Å². The van der Waals surface area contributed by atoms with E-state index in [1.54, 1.807) is 0 Å². The second-order valence-corrected chi connectivity index (χ2v) is 13.0. The number of aryl methyl sites for hydroxylation is 2. The Morgan fingerprint density at radius 2 is 0.977 bits per heavy atom. The van der Waals surface area contributed by atoms with Crippen LogP contribution in [0.25, 0.3) is 0 Å². The number of nitrogens with two attached hydrogens (primary N) is 1. The van der Waals surface area contributed by atoms with Gasteiger partial charge in [-0.05, 0) is 57.3 Å². The van der Waals surface area contributed by atoms with Gasteiger partial charge in [-0.1, -0.05) is 23.7 Å². The molecule has 20 heteroatoms. The second-order valence-electron chi connectivity index (χ2n) is 7.96. The van der Waals surface area contributed by atoms with Crippen molar-refractivity contribution in [2.45, 2.75) is 11.0 Å². The first-order valence-electron chi connectivity index (χ1n) is 10.8. The molecule has 0 saturated heterocycles. The first-order valence-corrected chi connectivity index (χ1v) is 15.8. The molecule has 2 heterocycles. The fourth-order valence-electron chi connectivity index (χ4n) is 2.42. The van der Waals surface area contributed by atoms with Crippen molar-refractivity contribution in [2.75, 3.05) is 5.73 Å². The van der Waals surface area contributed by atoms with E-state index in [0.29, 0.717) is 16.8 Å². The van der Waals surface area contributed by atoms with Gasteiger partial charge in [0.05, 0.1) is 35.1 Å². The zero-order valence-electron chi connectivity index (χ0n) is 21.8. The summed E-state index contributed by atoms with van der Waals surface area (Å²) >= 11 is 4.44. The number of nitrogens with zero attached hydrogens (tertiary/aromatic N) is 2. The second kappa shape index (κ2) is 15.5. The van der Waals surface area contributed by atoms with E-state index in [0.717, 1.165) is 18.3 Å². The number of hydrogen-bond donors (Lipinski definition) is 1. The van der Waals surface area contributed by atoms with Gasteiger partial charge in [0.25, 0.3) is 0 Å². The van der Waals surface area contributed by atoms with Crippen LogP contribution in [-0.4, -0.2) is 37.0 Å². The molecule has 0 bridgehead atoms. The van der Waals surface area contributed by atoms with Gasteiger partial charge in [-0.15, -0.1) is 0 Å². The van der Waals surface area contributed by atoms with Crippen molar-refractivity contribution >= 4 is 71.1 Å². The number of benzene rings is 1. The fraction of sp³-hybridized carbons (Fsp3) is 0.167. The average Bonchev–Trinajstić information content (AvgIpc) is 2.83. The lowest BCUT2D eigenvalue weighted by molar-refractivity contribution is -0.672. The van der Waals surface area contributed by atoms with Gasteiger partial charge >= 0.3 is 11.0 Å². The third kappa shape index (κ3) is 12.7. The summed E-state index contributed by atoms with van der Waals surface area (Å²) in [5, 5.41) is 0. The molecular formula is C24H16F7I2N3O6S2. The van der Waals surface area contributed by atoms with Crippen LogP contribution in [-0.2, 0) is 34.3 Å². The van der Waals surface area contributed by atoms with Gasteiger partial charge in [0.2, 0.25) is 0 Å². The number of pyridine rings is 2. The van der Waals surface area contributed by atoms with Crippen LogP contribution in [0.5, 0.6) is 0 Å². The van der Waals surface area contributed by atoms with Crippen LogP contribution in [0.15, 0.2) is 49.1 Å². The molecule has 3 aromatic rings. The zero-order chi connectivity index (χ0) is 34.3. The molecule has 0 spiro atoms. The van der Waals surface area contributed by atoms with Crippen LogP contribution in [0.1, 0.15) is 22.3 Å². The Morgan fingerprint density at radius 3 is 1.23 bits per heavy atom. The van der Waals surface area contributed by atoms with Gasteiger partial charge in [0.1, 0.15) is 19.9 Å². The standard InChI is InChI=1S/C22H15FI2N3.2CHF3O3S/c1-27-9-7-15(20(24)13-27)3-5-17-11-19(23)12-18(22(17)26)6-4-16-8-10-28(2)14-21(16)25;2*2-1(3,4)8(5,6)7/h7-14,26H,1-2H3;2*(H,5,6,7)/q+1;;/p-1. The normalized spacial score (nSPS) is 11.4. The highest BCUT2D eigenvalue weighted by Crippen LogP contribution is 2.21. The zero-order valence-corrected chi connectivity index (χ0v) is 27.7. The quantitative estimate of drug-likeness (QED) is 0.0694. The molecule has 0 saturated carbocycles. The summed E-state index contributed by atoms with van der Waals surface area (Å²) in [5.74, 6) is 11.7. The summed E-state index contributed by atoms with van der Waals surface area (Å²) < 4.78 is 138. The number of alkyl halides is 6. The molecule has 3 rings (SSSR count).